The lowest BCUT2D eigenvalue weighted by Gasteiger charge is -2.44. The standard InChI is InChI=1S/C18H28O5/c19-9-6-12-4-5-15-17(21-12)10-13(20-15)16-14(11-17)22-18(23-16)7-2-1-3-8-18/h12-16,19H,1-11H2/t12-,13-,14-,15+,16+,17-/m1/s1. The third-order valence-corrected chi connectivity index (χ3v) is 6.69. The second-order valence-electron chi connectivity index (χ2n) is 8.18. The molecule has 3 saturated heterocycles. The van der Waals surface area contributed by atoms with Gasteiger partial charge in [0.2, 0.25) is 0 Å². The lowest BCUT2D eigenvalue weighted by atomic mass is 9.76. The molecule has 130 valence electrons. The van der Waals surface area contributed by atoms with Crippen molar-refractivity contribution in [2.75, 3.05) is 6.61 Å². The number of aliphatic hydroxyl groups is 1. The molecular formula is C18H28O5. The SMILES string of the molecule is OCC[C@H]1CC[C@@H]2O[C@@H]3C[C@]2(C[C@H]2OC4(CCCCC4)O[C@@H]32)O1. The molecule has 2 spiro atoms. The van der Waals surface area contributed by atoms with Crippen molar-refractivity contribution in [2.24, 2.45) is 0 Å². The van der Waals surface area contributed by atoms with Gasteiger partial charge in [-0.2, -0.15) is 0 Å². The summed E-state index contributed by atoms with van der Waals surface area (Å²) in [6.07, 6.45) is 11.0. The molecule has 2 saturated carbocycles. The Bertz CT molecular complexity index is 462. The normalized spacial score (nSPS) is 50.7. The van der Waals surface area contributed by atoms with Crippen molar-refractivity contribution in [3.8, 4) is 0 Å². The van der Waals surface area contributed by atoms with Crippen LogP contribution in [0, 0.1) is 0 Å². The molecule has 5 aliphatic rings. The number of rotatable bonds is 2. The summed E-state index contributed by atoms with van der Waals surface area (Å²) in [6.45, 7) is 0.199. The van der Waals surface area contributed by atoms with Gasteiger partial charge >= 0.3 is 0 Å². The molecule has 2 bridgehead atoms. The maximum Gasteiger partial charge on any atom is 0.169 e. The molecule has 5 fully saturated rings. The van der Waals surface area contributed by atoms with Crippen LogP contribution in [0.15, 0.2) is 0 Å². The zero-order chi connectivity index (χ0) is 15.5. The Labute approximate surface area is 137 Å². The van der Waals surface area contributed by atoms with E-state index in [2.05, 4.69) is 0 Å². The Morgan fingerprint density at radius 3 is 2.57 bits per heavy atom. The van der Waals surface area contributed by atoms with E-state index in [1.54, 1.807) is 0 Å². The van der Waals surface area contributed by atoms with Crippen LogP contribution in [0.5, 0.6) is 0 Å². The first-order chi connectivity index (χ1) is 11.2. The van der Waals surface area contributed by atoms with E-state index in [1.165, 1.54) is 19.3 Å². The first-order valence-corrected chi connectivity index (χ1v) is 9.52. The largest absolute Gasteiger partial charge is 0.396 e. The van der Waals surface area contributed by atoms with Gasteiger partial charge in [-0.3, -0.25) is 0 Å². The zero-order valence-corrected chi connectivity index (χ0v) is 13.7. The molecule has 3 aliphatic heterocycles. The van der Waals surface area contributed by atoms with Crippen LogP contribution < -0.4 is 0 Å². The fourth-order valence-corrected chi connectivity index (χ4v) is 5.68. The molecule has 0 amide bonds. The van der Waals surface area contributed by atoms with Crippen molar-refractivity contribution in [1.29, 1.82) is 0 Å². The summed E-state index contributed by atoms with van der Waals surface area (Å²) >= 11 is 0. The smallest absolute Gasteiger partial charge is 0.169 e. The maximum atomic E-state index is 9.24. The lowest BCUT2D eigenvalue weighted by Crippen LogP contribution is -2.53. The second kappa shape index (κ2) is 5.40. The number of aliphatic hydroxyl groups excluding tert-OH is 1. The summed E-state index contributed by atoms with van der Waals surface area (Å²) in [5, 5.41) is 9.24. The Kier molecular flexibility index (Phi) is 3.54. The molecule has 0 aromatic rings. The Hall–Kier alpha value is -0.200. The Morgan fingerprint density at radius 1 is 0.913 bits per heavy atom. The van der Waals surface area contributed by atoms with E-state index in [4.69, 9.17) is 18.9 Å². The van der Waals surface area contributed by atoms with Gasteiger partial charge in [0.15, 0.2) is 5.79 Å². The van der Waals surface area contributed by atoms with Gasteiger partial charge in [-0.1, -0.05) is 6.42 Å². The molecule has 5 nitrogen and oxygen atoms in total. The van der Waals surface area contributed by atoms with Crippen LogP contribution in [0.25, 0.3) is 0 Å². The zero-order valence-electron chi connectivity index (χ0n) is 13.7. The van der Waals surface area contributed by atoms with Crippen molar-refractivity contribution in [3.63, 3.8) is 0 Å². The molecule has 6 atom stereocenters. The Balaban J connectivity index is 1.36. The fraction of sp³-hybridized carbons (Fsp3) is 1.00. The fourth-order valence-electron chi connectivity index (χ4n) is 5.68. The highest BCUT2D eigenvalue weighted by Gasteiger charge is 2.65. The van der Waals surface area contributed by atoms with Gasteiger partial charge in [-0.15, -0.1) is 0 Å². The molecule has 23 heavy (non-hydrogen) atoms. The van der Waals surface area contributed by atoms with Crippen molar-refractivity contribution >= 4 is 0 Å². The molecule has 0 aromatic heterocycles. The molecule has 5 heteroatoms. The van der Waals surface area contributed by atoms with Crippen molar-refractivity contribution in [3.05, 3.63) is 0 Å². The first-order valence-electron chi connectivity index (χ1n) is 9.52. The van der Waals surface area contributed by atoms with Gasteiger partial charge < -0.3 is 24.1 Å². The van der Waals surface area contributed by atoms with Crippen LogP contribution in [0.4, 0.5) is 0 Å². The van der Waals surface area contributed by atoms with E-state index >= 15 is 0 Å². The van der Waals surface area contributed by atoms with Gasteiger partial charge in [-0.25, -0.2) is 0 Å². The predicted octanol–water partition coefficient (Wildman–Crippen LogP) is 2.29. The van der Waals surface area contributed by atoms with E-state index in [0.717, 1.165) is 44.9 Å². The summed E-state index contributed by atoms with van der Waals surface area (Å²) in [4.78, 5) is 0. The number of fused-ring (bicyclic) bond motifs is 3. The van der Waals surface area contributed by atoms with Gasteiger partial charge in [0.05, 0.1) is 30.0 Å². The summed E-state index contributed by atoms with van der Waals surface area (Å²) in [5.41, 5.74) is -0.201. The van der Waals surface area contributed by atoms with Crippen molar-refractivity contribution < 1.29 is 24.1 Å². The minimum atomic E-state index is -0.341. The quantitative estimate of drug-likeness (QED) is 0.844. The summed E-state index contributed by atoms with van der Waals surface area (Å²) < 4.78 is 25.8. The number of hydrogen-bond donors (Lipinski definition) is 1. The monoisotopic (exact) mass is 324 g/mol. The topological polar surface area (TPSA) is 57.2 Å². The highest BCUT2D eigenvalue weighted by atomic mass is 16.8. The highest BCUT2D eigenvalue weighted by Crippen LogP contribution is 2.55. The van der Waals surface area contributed by atoms with Gasteiger partial charge in [0.25, 0.3) is 0 Å². The first kappa shape index (κ1) is 15.1. The van der Waals surface area contributed by atoms with Gasteiger partial charge in [0.1, 0.15) is 6.10 Å². The van der Waals surface area contributed by atoms with Crippen LogP contribution in [-0.2, 0) is 18.9 Å². The van der Waals surface area contributed by atoms with E-state index < -0.39 is 0 Å². The molecular weight excluding hydrogens is 296 g/mol. The third-order valence-electron chi connectivity index (χ3n) is 6.69. The number of hydrogen-bond acceptors (Lipinski definition) is 5. The minimum Gasteiger partial charge on any atom is -0.396 e. The molecule has 1 N–H and O–H groups in total. The Morgan fingerprint density at radius 2 is 1.74 bits per heavy atom. The molecule has 0 aromatic carbocycles. The van der Waals surface area contributed by atoms with E-state index in [-0.39, 0.29) is 48.5 Å². The molecule has 5 rings (SSSR count). The van der Waals surface area contributed by atoms with Crippen LogP contribution in [0.1, 0.15) is 64.2 Å². The average Bonchev–Trinajstić information content (AvgIpc) is 3.04. The van der Waals surface area contributed by atoms with Crippen LogP contribution in [0.3, 0.4) is 0 Å². The van der Waals surface area contributed by atoms with E-state index in [1.807, 2.05) is 0 Å². The summed E-state index contributed by atoms with van der Waals surface area (Å²) in [7, 11) is 0. The maximum absolute atomic E-state index is 9.24. The second-order valence-corrected chi connectivity index (χ2v) is 8.18. The average molecular weight is 324 g/mol. The molecule has 0 unspecified atom stereocenters. The van der Waals surface area contributed by atoms with E-state index in [0.29, 0.717) is 0 Å². The summed E-state index contributed by atoms with van der Waals surface area (Å²) in [6, 6.07) is 0. The van der Waals surface area contributed by atoms with Crippen molar-refractivity contribution in [1.82, 2.24) is 0 Å². The molecule has 3 heterocycles. The van der Waals surface area contributed by atoms with Crippen LogP contribution in [0.2, 0.25) is 0 Å². The molecule has 2 aliphatic carbocycles. The van der Waals surface area contributed by atoms with Crippen LogP contribution >= 0.6 is 0 Å². The van der Waals surface area contributed by atoms with E-state index in [9.17, 15) is 5.11 Å². The third kappa shape index (κ3) is 2.31. The van der Waals surface area contributed by atoms with Gasteiger partial charge in [0, 0.05) is 32.3 Å². The molecule has 0 radical (unpaired) electrons. The van der Waals surface area contributed by atoms with Crippen molar-refractivity contribution in [2.45, 2.75) is 106 Å². The van der Waals surface area contributed by atoms with Gasteiger partial charge in [-0.05, 0) is 32.1 Å². The minimum absolute atomic E-state index is 0.0872. The number of ether oxygens (including phenoxy) is 4. The predicted molar refractivity (Wildman–Crippen MR) is 82.0 cm³/mol. The van der Waals surface area contributed by atoms with Crippen LogP contribution in [-0.4, -0.2) is 53.6 Å². The summed E-state index contributed by atoms with van der Waals surface area (Å²) in [5.74, 6) is -0.341. The lowest BCUT2D eigenvalue weighted by molar-refractivity contribution is -0.216. The highest BCUT2D eigenvalue weighted by molar-refractivity contribution is 5.12.